The maximum atomic E-state index is 14.7. The highest BCUT2D eigenvalue weighted by molar-refractivity contribution is 8.30. The minimum atomic E-state index is -2.32. The van der Waals surface area contributed by atoms with Crippen molar-refractivity contribution in [2.45, 2.75) is 53.2 Å². The van der Waals surface area contributed by atoms with Crippen LogP contribution in [-0.4, -0.2) is 5.97 Å². The average molecular weight is 569 g/mol. The predicted octanol–water partition coefficient (Wildman–Crippen LogP) is 10.5. The monoisotopic (exact) mass is 568 g/mol. The van der Waals surface area contributed by atoms with Crippen LogP contribution in [0.25, 0.3) is 21.9 Å². The Bertz CT molecular complexity index is 1660. The van der Waals surface area contributed by atoms with Gasteiger partial charge in [0.25, 0.3) is 0 Å². The number of carbonyl (C=O) groups is 1. The second kappa shape index (κ2) is 10.2. The molecular formula is C39H36O2S. The van der Waals surface area contributed by atoms with E-state index in [-0.39, 0.29) is 11.4 Å². The molecule has 0 atom stereocenters. The fourth-order valence-corrected chi connectivity index (χ4v) is 11.8. The Hall–Kier alpha value is -3.82. The minimum absolute atomic E-state index is 0.0300. The van der Waals surface area contributed by atoms with Gasteiger partial charge in [-0.05, 0) is 125 Å². The lowest BCUT2D eigenvalue weighted by molar-refractivity contribution is -0.160. The lowest BCUT2D eigenvalue weighted by Gasteiger charge is -2.56. The molecule has 0 aliphatic heterocycles. The van der Waals surface area contributed by atoms with Gasteiger partial charge in [-0.2, -0.15) is 0 Å². The maximum absolute atomic E-state index is 14.7. The molecule has 0 spiro atoms. The Labute approximate surface area is 250 Å². The summed E-state index contributed by atoms with van der Waals surface area (Å²) >= 11 is 0. The molecule has 4 aliphatic rings. The molecule has 9 rings (SSSR count). The molecular weight excluding hydrogens is 532 g/mol. The molecule has 4 aliphatic carbocycles. The SMILES string of the molecule is O=C(OS(c1ccccc1)(c1ccccc1)c1ccc(-c2cccc3ccccc23)cc1)C12CC3CC(CC(C3)C1)C2. The van der Waals surface area contributed by atoms with Gasteiger partial charge in [-0.3, -0.25) is 4.79 Å². The number of carbonyl (C=O) groups excluding carboxylic acids is 1. The molecule has 4 bridgehead atoms. The summed E-state index contributed by atoms with van der Waals surface area (Å²) in [5.41, 5.74) is 2.04. The van der Waals surface area contributed by atoms with Crippen LogP contribution in [0.3, 0.4) is 0 Å². The first-order valence-electron chi connectivity index (χ1n) is 15.4. The van der Waals surface area contributed by atoms with Gasteiger partial charge in [0.05, 0.1) is 5.41 Å². The number of rotatable bonds is 6. The molecule has 5 aromatic carbocycles. The van der Waals surface area contributed by atoms with E-state index in [9.17, 15) is 4.79 Å². The third-order valence-corrected chi connectivity index (χ3v) is 13.3. The molecule has 2 nitrogen and oxygen atoms in total. The van der Waals surface area contributed by atoms with Gasteiger partial charge in [-0.1, -0.05) is 91.0 Å². The second-order valence-corrected chi connectivity index (χ2v) is 15.5. The van der Waals surface area contributed by atoms with E-state index >= 15 is 0 Å². The summed E-state index contributed by atoms with van der Waals surface area (Å²) in [7, 11) is -2.32. The molecule has 42 heavy (non-hydrogen) atoms. The van der Waals surface area contributed by atoms with E-state index in [4.69, 9.17) is 4.18 Å². The average Bonchev–Trinajstić information content (AvgIpc) is 3.03. The molecule has 3 heteroatoms. The van der Waals surface area contributed by atoms with Crippen molar-refractivity contribution in [1.29, 1.82) is 0 Å². The lowest BCUT2D eigenvalue weighted by Crippen LogP contribution is -2.50. The Morgan fingerprint density at radius 1 is 0.571 bits per heavy atom. The topological polar surface area (TPSA) is 26.3 Å². The molecule has 0 radical (unpaired) electrons. The van der Waals surface area contributed by atoms with Crippen molar-refractivity contribution in [1.82, 2.24) is 0 Å². The van der Waals surface area contributed by atoms with E-state index in [0.717, 1.165) is 39.5 Å². The van der Waals surface area contributed by atoms with Crippen molar-refractivity contribution in [2.24, 2.45) is 23.2 Å². The third kappa shape index (κ3) is 4.21. The van der Waals surface area contributed by atoms with Gasteiger partial charge in [0.2, 0.25) is 0 Å². The summed E-state index contributed by atoms with van der Waals surface area (Å²) < 4.78 is 7.14. The summed E-state index contributed by atoms with van der Waals surface area (Å²) in [4.78, 5) is 17.8. The first kappa shape index (κ1) is 25.9. The highest BCUT2D eigenvalue weighted by Gasteiger charge is 2.57. The van der Waals surface area contributed by atoms with Gasteiger partial charge >= 0.3 is 5.97 Å². The van der Waals surface area contributed by atoms with Gasteiger partial charge in [0.1, 0.15) is 0 Å². The Morgan fingerprint density at radius 2 is 1.07 bits per heavy atom. The van der Waals surface area contributed by atoms with Gasteiger partial charge < -0.3 is 4.18 Å². The molecule has 0 N–H and O–H groups in total. The molecule has 0 saturated heterocycles. The zero-order valence-corrected chi connectivity index (χ0v) is 24.6. The van der Waals surface area contributed by atoms with E-state index in [1.807, 2.05) is 12.1 Å². The predicted molar refractivity (Wildman–Crippen MR) is 171 cm³/mol. The zero-order chi connectivity index (χ0) is 28.1. The molecule has 210 valence electrons. The van der Waals surface area contributed by atoms with E-state index in [0.29, 0.717) is 17.8 Å². The van der Waals surface area contributed by atoms with E-state index in [2.05, 4.69) is 115 Å². The van der Waals surface area contributed by atoms with Crippen LogP contribution >= 0.6 is 10.3 Å². The van der Waals surface area contributed by atoms with Crippen LogP contribution in [0.4, 0.5) is 0 Å². The van der Waals surface area contributed by atoms with Gasteiger partial charge in [0.15, 0.2) is 0 Å². The minimum Gasteiger partial charge on any atom is -0.402 e. The summed E-state index contributed by atoms with van der Waals surface area (Å²) in [5, 5.41) is 2.47. The number of hydrogen-bond donors (Lipinski definition) is 0. The van der Waals surface area contributed by atoms with Crippen LogP contribution < -0.4 is 0 Å². The normalized spacial score (nSPS) is 24.9. The number of benzene rings is 5. The summed E-state index contributed by atoms with van der Waals surface area (Å²) in [6.07, 6.45) is 6.90. The molecule has 5 aromatic rings. The van der Waals surface area contributed by atoms with E-state index in [1.54, 1.807) is 0 Å². The smallest absolute Gasteiger partial charge is 0.323 e. The molecule has 0 aromatic heterocycles. The Balaban J connectivity index is 1.27. The van der Waals surface area contributed by atoms with Crippen molar-refractivity contribution in [2.75, 3.05) is 0 Å². The number of fused-ring (bicyclic) bond motifs is 1. The highest BCUT2D eigenvalue weighted by atomic mass is 32.3. The van der Waals surface area contributed by atoms with Crippen molar-refractivity contribution >= 4 is 27.1 Å². The lowest BCUT2D eigenvalue weighted by atomic mass is 9.49. The van der Waals surface area contributed by atoms with Crippen LogP contribution in [0.2, 0.25) is 0 Å². The molecule has 4 saturated carbocycles. The Morgan fingerprint density at radius 3 is 1.67 bits per heavy atom. The molecule has 0 heterocycles. The fourth-order valence-electron chi connectivity index (χ4n) is 8.64. The van der Waals surface area contributed by atoms with Crippen molar-refractivity contribution in [3.63, 3.8) is 0 Å². The van der Waals surface area contributed by atoms with Gasteiger partial charge in [0, 0.05) is 14.7 Å². The van der Waals surface area contributed by atoms with Crippen LogP contribution in [0.5, 0.6) is 0 Å². The van der Waals surface area contributed by atoms with E-state index in [1.165, 1.54) is 35.6 Å². The van der Waals surface area contributed by atoms with Crippen molar-refractivity contribution < 1.29 is 8.98 Å². The first-order valence-corrected chi connectivity index (χ1v) is 16.9. The molecule has 0 amide bonds. The third-order valence-electron chi connectivity index (χ3n) is 10.1. The van der Waals surface area contributed by atoms with Crippen LogP contribution in [0.1, 0.15) is 38.5 Å². The van der Waals surface area contributed by atoms with Crippen molar-refractivity contribution in [3.8, 4) is 11.1 Å². The summed E-state index contributed by atoms with van der Waals surface area (Å²) in [5.74, 6) is 2.08. The van der Waals surface area contributed by atoms with Crippen LogP contribution in [-0.2, 0) is 8.98 Å². The quantitative estimate of drug-likeness (QED) is 0.204. The highest BCUT2D eigenvalue weighted by Crippen LogP contribution is 2.71. The Kier molecular flexibility index (Phi) is 6.26. The van der Waals surface area contributed by atoms with Crippen LogP contribution in [0.15, 0.2) is 142 Å². The maximum Gasteiger partial charge on any atom is 0.323 e. The summed E-state index contributed by atoms with van der Waals surface area (Å²) in [6, 6.07) is 44.8. The van der Waals surface area contributed by atoms with Crippen LogP contribution in [0, 0.1) is 23.2 Å². The van der Waals surface area contributed by atoms with E-state index < -0.39 is 10.3 Å². The largest absolute Gasteiger partial charge is 0.402 e. The van der Waals surface area contributed by atoms with Gasteiger partial charge in [-0.25, -0.2) is 0 Å². The number of hydrogen-bond acceptors (Lipinski definition) is 2. The molecule has 4 fully saturated rings. The zero-order valence-electron chi connectivity index (χ0n) is 23.8. The summed E-state index contributed by atoms with van der Waals surface area (Å²) in [6.45, 7) is 0. The van der Waals surface area contributed by atoms with Gasteiger partial charge in [-0.15, -0.1) is 0 Å². The first-order chi connectivity index (χ1) is 20.6. The second-order valence-electron chi connectivity index (χ2n) is 12.8. The fraction of sp³-hybridized carbons (Fsp3) is 0.256. The molecule has 0 unspecified atom stereocenters. The van der Waals surface area contributed by atoms with Crippen molar-refractivity contribution in [3.05, 3.63) is 127 Å². The standard InChI is InChI=1S/C39H36O2S/c40-38(39-25-28-22-29(26-39)24-30(23-28)27-39)41-42(33-12-3-1-4-13-33,34-14-5-2-6-15-34)35-20-18-32(19-21-35)37-17-9-11-31-10-7-8-16-36(31)37/h1-21,28-30H,22-27H2.